The van der Waals surface area contributed by atoms with Gasteiger partial charge < -0.3 is 10.4 Å². The highest BCUT2D eigenvalue weighted by Crippen LogP contribution is 2.37. The second-order valence-electron chi connectivity index (χ2n) is 5.33. The molecule has 0 radical (unpaired) electrons. The third-order valence-corrected chi connectivity index (χ3v) is 3.91. The van der Waals surface area contributed by atoms with Crippen molar-refractivity contribution in [2.75, 3.05) is 18.5 Å². The van der Waals surface area contributed by atoms with Crippen molar-refractivity contribution < 1.29 is 10.0 Å². The van der Waals surface area contributed by atoms with Gasteiger partial charge in [0, 0.05) is 18.0 Å². The summed E-state index contributed by atoms with van der Waals surface area (Å²) < 4.78 is 0. The molecule has 0 aromatic carbocycles. The van der Waals surface area contributed by atoms with Gasteiger partial charge >= 0.3 is 0 Å². The van der Waals surface area contributed by atoms with Crippen molar-refractivity contribution in [3.63, 3.8) is 0 Å². The number of nitrogens with zero attached hydrogens (tertiary/aromatic N) is 2. The Hall–Kier alpha value is -1.69. The highest BCUT2D eigenvalue weighted by molar-refractivity contribution is 5.48. The predicted molar refractivity (Wildman–Crippen MR) is 72.1 cm³/mol. The Kier molecular flexibility index (Phi) is 3.99. The van der Waals surface area contributed by atoms with Gasteiger partial charge in [-0.3, -0.25) is 10.1 Å². The Balaban J connectivity index is 2.05. The number of hydrogen-bond acceptors (Lipinski definition) is 5. The fourth-order valence-corrected chi connectivity index (χ4v) is 2.63. The summed E-state index contributed by atoms with van der Waals surface area (Å²) in [4.78, 5) is 14.3. The first-order chi connectivity index (χ1) is 9.06. The van der Waals surface area contributed by atoms with Crippen LogP contribution >= 0.6 is 0 Å². The fraction of sp³-hybridized carbons (Fsp3) is 0.615. The first kappa shape index (κ1) is 13.7. The number of pyridine rings is 1. The van der Waals surface area contributed by atoms with E-state index in [0.717, 1.165) is 31.2 Å². The number of nitro groups is 1. The van der Waals surface area contributed by atoms with Gasteiger partial charge in [0.2, 0.25) is 0 Å². The molecule has 1 saturated carbocycles. The Bertz CT molecular complexity index is 470. The summed E-state index contributed by atoms with van der Waals surface area (Å²) in [5.41, 5.74) is 0.691. The number of aliphatic hydroxyl groups excluding tert-OH is 1. The molecule has 1 aromatic rings. The SMILES string of the molecule is Cc1cc([N+](=O)[O-])cnc1NCC1(CO)CCCC1. The maximum atomic E-state index is 10.6. The van der Waals surface area contributed by atoms with Crippen LogP contribution in [0.2, 0.25) is 0 Å². The normalized spacial score (nSPS) is 17.4. The molecule has 0 bridgehead atoms. The quantitative estimate of drug-likeness (QED) is 0.629. The number of anilines is 1. The molecule has 2 N–H and O–H groups in total. The molecule has 0 spiro atoms. The van der Waals surface area contributed by atoms with Crippen LogP contribution in [-0.2, 0) is 0 Å². The van der Waals surface area contributed by atoms with Crippen molar-refractivity contribution >= 4 is 11.5 Å². The summed E-state index contributed by atoms with van der Waals surface area (Å²) in [5.74, 6) is 0.658. The minimum absolute atomic E-state index is 0.000729. The summed E-state index contributed by atoms with van der Waals surface area (Å²) in [7, 11) is 0. The molecule has 6 nitrogen and oxygen atoms in total. The molecule has 6 heteroatoms. The number of hydrogen-bond donors (Lipinski definition) is 2. The Morgan fingerprint density at radius 1 is 1.53 bits per heavy atom. The van der Waals surface area contributed by atoms with E-state index in [1.165, 1.54) is 12.3 Å². The number of rotatable bonds is 5. The third-order valence-electron chi connectivity index (χ3n) is 3.91. The molecule has 1 aliphatic carbocycles. The molecule has 1 aliphatic rings. The van der Waals surface area contributed by atoms with E-state index >= 15 is 0 Å². The maximum Gasteiger partial charge on any atom is 0.287 e. The van der Waals surface area contributed by atoms with Crippen molar-refractivity contribution in [3.05, 3.63) is 27.9 Å². The third kappa shape index (κ3) is 3.01. The van der Waals surface area contributed by atoms with Gasteiger partial charge in [-0.15, -0.1) is 0 Å². The molecule has 1 heterocycles. The Morgan fingerprint density at radius 2 is 2.21 bits per heavy atom. The maximum absolute atomic E-state index is 10.6. The lowest BCUT2D eigenvalue weighted by Crippen LogP contribution is -2.31. The minimum atomic E-state index is -0.448. The number of aryl methyl sites for hydroxylation is 1. The fourth-order valence-electron chi connectivity index (χ4n) is 2.63. The Labute approximate surface area is 112 Å². The van der Waals surface area contributed by atoms with Gasteiger partial charge in [0.05, 0.1) is 11.5 Å². The monoisotopic (exact) mass is 265 g/mol. The topological polar surface area (TPSA) is 88.3 Å². The average Bonchev–Trinajstić information content (AvgIpc) is 2.86. The van der Waals surface area contributed by atoms with Crippen LogP contribution in [0.3, 0.4) is 0 Å². The van der Waals surface area contributed by atoms with Gasteiger partial charge in [-0.05, 0) is 25.3 Å². The number of nitrogens with one attached hydrogen (secondary N) is 1. The minimum Gasteiger partial charge on any atom is -0.396 e. The average molecular weight is 265 g/mol. The molecule has 104 valence electrons. The zero-order valence-corrected chi connectivity index (χ0v) is 11.1. The molecule has 0 aliphatic heterocycles. The van der Waals surface area contributed by atoms with E-state index < -0.39 is 4.92 Å². The predicted octanol–water partition coefficient (Wildman–Crippen LogP) is 2.26. The van der Waals surface area contributed by atoms with Crippen molar-refractivity contribution in [1.29, 1.82) is 0 Å². The van der Waals surface area contributed by atoms with Crippen LogP contribution in [0, 0.1) is 22.5 Å². The Morgan fingerprint density at radius 3 is 2.74 bits per heavy atom. The van der Waals surface area contributed by atoms with Crippen LogP contribution in [0.4, 0.5) is 11.5 Å². The zero-order valence-electron chi connectivity index (χ0n) is 11.1. The van der Waals surface area contributed by atoms with Crippen LogP contribution in [0.1, 0.15) is 31.2 Å². The molecule has 1 aromatic heterocycles. The highest BCUT2D eigenvalue weighted by Gasteiger charge is 2.33. The molecule has 0 atom stereocenters. The lowest BCUT2D eigenvalue weighted by Gasteiger charge is -2.27. The highest BCUT2D eigenvalue weighted by atomic mass is 16.6. The van der Waals surface area contributed by atoms with Crippen molar-refractivity contribution in [3.8, 4) is 0 Å². The van der Waals surface area contributed by atoms with Gasteiger partial charge in [0.25, 0.3) is 5.69 Å². The first-order valence-corrected chi connectivity index (χ1v) is 6.52. The summed E-state index contributed by atoms with van der Waals surface area (Å²) >= 11 is 0. The van der Waals surface area contributed by atoms with Crippen LogP contribution in [-0.4, -0.2) is 28.2 Å². The molecule has 0 amide bonds. The molecule has 1 fully saturated rings. The lowest BCUT2D eigenvalue weighted by atomic mass is 9.87. The number of aliphatic hydroxyl groups is 1. The number of aromatic nitrogens is 1. The standard InChI is InChI=1S/C13H19N3O3/c1-10-6-11(16(18)19)7-14-12(10)15-8-13(9-17)4-2-3-5-13/h6-7,17H,2-5,8-9H2,1H3,(H,14,15). The van der Waals surface area contributed by atoms with E-state index in [2.05, 4.69) is 10.3 Å². The molecular formula is C13H19N3O3. The first-order valence-electron chi connectivity index (χ1n) is 6.52. The molecule has 0 unspecified atom stereocenters. The van der Waals surface area contributed by atoms with E-state index in [4.69, 9.17) is 0 Å². The second-order valence-corrected chi connectivity index (χ2v) is 5.33. The van der Waals surface area contributed by atoms with Crippen LogP contribution in [0.15, 0.2) is 12.3 Å². The summed E-state index contributed by atoms with van der Waals surface area (Å²) in [6, 6.07) is 1.51. The van der Waals surface area contributed by atoms with Gasteiger partial charge in [0.1, 0.15) is 12.0 Å². The van der Waals surface area contributed by atoms with E-state index in [9.17, 15) is 15.2 Å². The molecule has 0 saturated heterocycles. The van der Waals surface area contributed by atoms with E-state index in [0.29, 0.717) is 12.4 Å². The van der Waals surface area contributed by atoms with E-state index in [1.54, 1.807) is 6.92 Å². The van der Waals surface area contributed by atoms with Gasteiger partial charge in [-0.25, -0.2) is 4.98 Å². The van der Waals surface area contributed by atoms with Crippen LogP contribution < -0.4 is 5.32 Å². The summed E-state index contributed by atoms with van der Waals surface area (Å²) in [6.07, 6.45) is 5.59. The summed E-state index contributed by atoms with van der Waals surface area (Å²) in [5, 5.41) is 23.4. The van der Waals surface area contributed by atoms with Gasteiger partial charge in [-0.2, -0.15) is 0 Å². The second kappa shape index (κ2) is 5.52. The van der Waals surface area contributed by atoms with Crippen LogP contribution in [0.5, 0.6) is 0 Å². The molecule has 19 heavy (non-hydrogen) atoms. The smallest absolute Gasteiger partial charge is 0.287 e. The van der Waals surface area contributed by atoms with Crippen LogP contribution in [0.25, 0.3) is 0 Å². The summed E-state index contributed by atoms with van der Waals surface area (Å²) in [6.45, 7) is 2.63. The van der Waals surface area contributed by atoms with E-state index in [1.807, 2.05) is 0 Å². The molecular weight excluding hydrogens is 246 g/mol. The van der Waals surface area contributed by atoms with Crippen molar-refractivity contribution in [2.45, 2.75) is 32.6 Å². The lowest BCUT2D eigenvalue weighted by molar-refractivity contribution is -0.385. The largest absolute Gasteiger partial charge is 0.396 e. The van der Waals surface area contributed by atoms with Gasteiger partial charge in [0.15, 0.2) is 0 Å². The van der Waals surface area contributed by atoms with Crippen molar-refractivity contribution in [1.82, 2.24) is 4.98 Å². The molecule has 2 rings (SSSR count). The van der Waals surface area contributed by atoms with Crippen molar-refractivity contribution in [2.24, 2.45) is 5.41 Å². The van der Waals surface area contributed by atoms with Gasteiger partial charge in [-0.1, -0.05) is 12.8 Å². The van der Waals surface area contributed by atoms with E-state index in [-0.39, 0.29) is 17.7 Å². The zero-order chi connectivity index (χ0) is 13.9.